The van der Waals surface area contributed by atoms with Crippen LogP contribution in [0.15, 0.2) is 59.5 Å². The van der Waals surface area contributed by atoms with Crippen LogP contribution in [0.4, 0.5) is 0 Å². The second-order valence-electron chi connectivity index (χ2n) is 5.27. The number of hydrogen-bond acceptors (Lipinski definition) is 4. The van der Waals surface area contributed by atoms with Gasteiger partial charge in [-0.2, -0.15) is 9.61 Å². The summed E-state index contributed by atoms with van der Waals surface area (Å²) in [5, 5.41) is 4.35. The van der Waals surface area contributed by atoms with E-state index in [1.54, 1.807) is 18.3 Å². The van der Waals surface area contributed by atoms with Crippen molar-refractivity contribution in [2.24, 2.45) is 0 Å². The van der Waals surface area contributed by atoms with Crippen LogP contribution in [0.5, 0.6) is 0 Å². The number of aryl methyl sites for hydroxylation is 1. The predicted octanol–water partition coefficient (Wildman–Crippen LogP) is 2.46. The number of H-pyrrole nitrogens is 1. The van der Waals surface area contributed by atoms with Crippen LogP contribution in [0, 0.1) is 6.92 Å². The number of nitrogens with one attached hydrogen (secondary N) is 1. The summed E-state index contributed by atoms with van der Waals surface area (Å²) in [6.07, 6.45) is 1.66. The Hall–Kier alpha value is -3.28. The summed E-state index contributed by atoms with van der Waals surface area (Å²) in [6.45, 7) is 2.02. The van der Waals surface area contributed by atoms with Gasteiger partial charge >= 0.3 is 5.69 Å². The molecule has 6 heteroatoms. The highest BCUT2D eigenvalue weighted by atomic mass is 16.1. The molecule has 112 valence electrons. The molecular formula is C17H13N5O. The van der Waals surface area contributed by atoms with Crippen molar-refractivity contribution >= 4 is 5.65 Å². The van der Waals surface area contributed by atoms with E-state index in [9.17, 15) is 4.79 Å². The largest absolute Gasteiger partial charge is 0.349 e. The van der Waals surface area contributed by atoms with Gasteiger partial charge in [0.25, 0.3) is 0 Å². The Labute approximate surface area is 131 Å². The molecule has 4 rings (SSSR count). The molecule has 0 aliphatic carbocycles. The third kappa shape index (κ3) is 2.40. The maximum absolute atomic E-state index is 12.3. The summed E-state index contributed by atoms with van der Waals surface area (Å²) in [4.78, 5) is 23.6. The molecular weight excluding hydrogens is 290 g/mol. The minimum atomic E-state index is -0.338. The number of aromatic nitrogens is 5. The molecule has 0 aliphatic heterocycles. The van der Waals surface area contributed by atoms with Crippen molar-refractivity contribution < 1.29 is 0 Å². The number of fused-ring (bicyclic) bond motifs is 1. The lowest BCUT2D eigenvalue weighted by molar-refractivity contribution is 0.845. The third-order valence-corrected chi connectivity index (χ3v) is 3.56. The van der Waals surface area contributed by atoms with E-state index in [1.807, 2.05) is 43.3 Å². The van der Waals surface area contributed by atoms with Crippen LogP contribution in [0.25, 0.3) is 28.4 Å². The van der Waals surface area contributed by atoms with Gasteiger partial charge in [0.2, 0.25) is 0 Å². The first-order chi connectivity index (χ1) is 11.2. The lowest BCUT2D eigenvalue weighted by Crippen LogP contribution is -2.19. The molecule has 0 bridgehead atoms. The Morgan fingerprint density at radius 1 is 1.04 bits per heavy atom. The van der Waals surface area contributed by atoms with Gasteiger partial charge in [0.05, 0.1) is 5.69 Å². The first kappa shape index (κ1) is 13.4. The molecule has 0 radical (unpaired) electrons. The number of pyridine rings is 1. The Morgan fingerprint density at radius 2 is 1.96 bits per heavy atom. The number of aromatic amines is 1. The monoisotopic (exact) mass is 303 g/mol. The average molecular weight is 303 g/mol. The fourth-order valence-corrected chi connectivity index (χ4v) is 2.47. The third-order valence-electron chi connectivity index (χ3n) is 3.56. The molecule has 23 heavy (non-hydrogen) atoms. The van der Waals surface area contributed by atoms with Gasteiger partial charge in [0.15, 0.2) is 11.5 Å². The van der Waals surface area contributed by atoms with Crippen LogP contribution in [-0.4, -0.2) is 24.6 Å². The van der Waals surface area contributed by atoms with Gasteiger partial charge in [-0.3, -0.25) is 9.97 Å². The van der Waals surface area contributed by atoms with Crippen molar-refractivity contribution in [2.45, 2.75) is 6.92 Å². The number of nitrogens with zero attached hydrogens (tertiary/aromatic N) is 4. The molecule has 0 atom stereocenters. The zero-order chi connectivity index (χ0) is 15.8. The van der Waals surface area contributed by atoms with Crippen LogP contribution < -0.4 is 5.69 Å². The summed E-state index contributed by atoms with van der Waals surface area (Å²) in [6, 6.07) is 15.2. The highest BCUT2D eigenvalue weighted by molar-refractivity contribution is 5.65. The van der Waals surface area contributed by atoms with Crippen molar-refractivity contribution in [3.05, 3.63) is 70.8 Å². The SMILES string of the molecule is Cc1cccc(-c2cc3nc(-c4ccccn4)[nH]c(=O)n3n2)c1. The van der Waals surface area contributed by atoms with Crippen molar-refractivity contribution in [1.82, 2.24) is 24.6 Å². The summed E-state index contributed by atoms with van der Waals surface area (Å²) in [5.41, 5.74) is 3.57. The normalized spacial score (nSPS) is 11.0. The molecule has 4 aromatic rings. The summed E-state index contributed by atoms with van der Waals surface area (Å²) in [5.74, 6) is 0.429. The molecule has 0 spiro atoms. The Balaban J connectivity index is 1.89. The summed E-state index contributed by atoms with van der Waals surface area (Å²) >= 11 is 0. The molecule has 0 saturated carbocycles. The predicted molar refractivity (Wildman–Crippen MR) is 87.0 cm³/mol. The van der Waals surface area contributed by atoms with E-state index in [0.29, 0.717) is 22.9 Å². The molecule has 1 N–H and O–H groups in total. The van der Waals surface area contributed by atoms with Crippen molar-refractivity contribution in [2.75, 3.05) is 0 Å². The number of hydrogen-bond donors (Lipinski definition) is 1. The van der Waals surface area contributed by atoms with E-state index in [-0.39, 0.29) is 5.69 Å². The molecule has 3 aromatic heterocycles. The van der Waals surface area contributed by atoms with Crippen molar-refractivity contribution in [3.8, 4) is 22.8 Å². The fraction of sp³-hybridized carbons (Fsp3) is 0.0588. The van der Waals surface area contributed by atoms with Gasteiger partial charge in [0, 0.05) is 17.8 Å². The van der Waals surface area contributed by atoms with E-state index in [0.717, 1.165) is 11.1 Å². The van der Waals surface area contributed by atoms with Crippen LogP contribution in [0.1, 0.15) is 5.56 Å². The highest BCUT2D eigenvalue weighted by Crippen LogP contribution is 2.20. The molecule has 3 heterocycles. The molecule has 0 saturated heterocycles. The first-order valence-electron chi connectivity index (χ1n) is 7.19. The molecule has 0 fully saturated rings. The fourth-order valence-electron chi connectivity index (χ4n) is 2.47. The second kappa shape index (κ2) is 5.17. The van der Waals surface area contributed by atoms with Gasteiger partial charge in [-0.25, -0.2) is 9.78 Å². The zero-order valence-corrected chi connectivity index (χ0v) is 12.4. The second-order valence-corrected chi connectivity index (χ2v) is 5.27. The molecule has 1 aromatic carbocycles. The molecule has 6 nitrogen and oxygen atoms in total. The van der Waals surface area contributed by atoms with Gasteiger partial charge in [-0.05, 0) is 25.1 Å². The lowest BCUT2D eigenvalue weighted by Gasteiger charge is -1.99. The topological polar surface area (TPSA) is 75.9 Å². The van der Waals surface area contributed by atoms with Crippen LogP contribution >= 0.6 is 0 Å². The van der Waals surface area contributed by atoms with Crippen LogP contribution in [-0.2, 0) is 0 Å². The van der Waals surface area contributed by atoms with Gasteiger partial charge in [-0.15, -0.1) is 0 Å². The van der Waals surface area contributed by atoms with E-state index < -0.39 is 0 Å². The summed E-state index contributed by atoms with van der Waals surface area (Å²) < 4.78 is 1.27. The zero-order valence-electron chi connectivity index (χ0n) is 12.4. The molecule has 0 aliphatic rings. The van der Waals surface area contributed by atoms with E-state index >= 15 is 0 Å². The van der Waals surface area contributed by atoms with Crippen LogP contribution in [0.2, 0.25) is 0 Å². The van der Waals surface area contributed by atoms with Gasteiger partial charge in [0.1, 0.15) is 5.69 Å². The maximum atomic E-state index is 12.3. The van der Waals surface area contributed by atoms with Crippen LogP contribution in [0.3, 0.4) is 0 Å². The van der Waals surface area contributed by atoms with Gasteiger partial charge in [-0.1, -0.05) is 29.8 Å². The molecule has 0 amide bonds. The maximum Gasteiger partial charge on any atom is 0.349 e. The van der Waals surface area contributed by atoms with Gasteiger partial charge < -0.3 is 0 Å². The van der Waals surface area contributed by atoms with E-state index in [1.165, 1.54) is 4.52 Å². The lowest BCUT2D eigenvalue weighted by atomic mass is 10.1. The Morgan fingerprint density at radius 3 is 2.74 bits per heavy atom. The number of benzene rings is 1. The first-order valence-corrected chi connectivity index (χ1v) is 7.19. The Bertz CT molecular complexity index is 1050. The minimum absolute atomic E-state index is 0.338. The Kier molecular flexibility index (Phi) is 3.01. The highest BCUT2D eigenvalue weighted by Gasteiger charge is 2.11. The standard InChI is InChI=1S/C17H13N5O/c1-11-5-4-6-12(9-11)14-10-15-19-16(13-7-2-3-8-18-13)20-17(23)22(15)21-14/h2-10H,1H3,(H,19,20,23). The smallest absolute Gasteiger partial charge is 0.288 e. The van der Waals surface area contributed by atoms with E-state index in [2.05, 4.69) is 20.1 Å². The van der Waals surface area contributed by atoms with Crippen molar-refractivity contribution in [1.29, 1.82) is 0 Å². The minimum Gasteiger partial charge on any atom is -0.288 e. The quantitative estimate of drug-likeness (QED) is 0.617. The molecule has 0 unspecified atom stereocenters. The van der Waals surface area contributed by atoms with Crippen molar-refractivity contribution in [3.63, 3.8) is 0 Å². The summed E-state index contributed by atoms with van der Waals surface area (Å²) in [7, 11) is 0. The average Bonchev–Trinajstić information content (AvgIpc) is 3.00. The number of rotatable bonds is 2. The van der Waals surface area contributed by atoms with E-state index in [4.69, 9.17) is 0 Å².